The number of nitrogens with one attached hydrogen (secondary N) is 1. The maximum Gasteiger partial charge on any atom is 0.329 e. The number of esters is 1. The van der Waals surface area contributed by atoms with Gasteiger partial charge in [-0.3, -0.25) is 9.59 Å². The maximum atomic E-state index is 13.7. The molecule has 152 valence electrons. The Morgan fingerprint density at radius 1 is 1.18 bits per heavy atom. The van der Waals surface area contributed by atoms with Gasteiger partial charge >= 0.3 is 5.97 Å². The molecular formula is C22H30N2O4. The van der Waals surface area contributed by atoms with Crippen molar-refractivity contribution in [2.75, 3.05) is 0 Å². The van der Waals surface area contributed by atoms with Gasteiger partial charge in [0.15, 0.2) is 0 Å². The lowest BCUT2D eigenvalue weighted by Gasteiger charge is -2.45. The normalized spacial score (nSPS) is 27.3. The van der Waals surface area contributed by atoms with Gasteiger partial charge in [-0.05, 0) is 52.0 Å². The van der Waals surface area contributed by atoms with E-state index in [4.69, 9.17) is 4.74 Å². The second-order valence-electron chi connectivity index (χ2n) is 8.96. The van der Waals surface area contributed by atoms with Crippen LogP contribution in [0.4, 0.5) is 0 Å². The van der Waals surface area contributed by atoms with E-state index in [9.17, 15) is 14.4 Å². The van der Waals surface area contributed by atoms with Gasteiger partial charge in [-0.2, -0.15) is 0 Å². The van der Waals surface area contributed by atoms with Crippen molar-refractivity contribution in [2.24, 2.45) is 0 Å². The number of hydrogen-bond donors (Lipinski definition) is 1. The largest absolute Gasteiger partial charge is 0.458 e. The molecule has 2 heterocycles. The quantitative estimate of drug-likeness (QED) is 0.807. The summed E-state index contributed by atoms with van der Waals surface area (Å²) in [5.74, 6) is -0.770. The van der Waals surface area contributed by atoms with Crippen molar-refractivity contribution in [3.63, 3.8) is 0 Å². The van der Waals surface area contributed by atoms with Gasteiger partial charge in [-0.1, -0.05) is 30.3 Å². The summed E-state index contributed by atoms with van der Waals surface area (Å²) in [5, 5.41) is 2.93. The number of fused-ring (bicyclic) bond motifs is 1. The molecule has 0 aromatic heterocycles. The number of nitrogens with zero attached hydrogens (tertiary/aromatic N) is 1. The Morgan fingerprint density at radius 3 is 2.46 bits per heavy atom. The molecule has 1 aromatic rings. The van der Waals surface area contributed by atoms with Crippen LogP contribution in [-0.4, -0.2) is 45.9 Å². The van der Waals surface area contributed by atoms with Gasteiger partial charge in [0.1, 0.15) is 17.2 Å². The molecule has 1 aromatic carbocycles. The number of carbonyl (C=O) groups excluding carboxylic acids is 3. The van der Waals surface area contributed by atoms with E-state index >= 15 is 0 Å². The van der Waals surface area contributed by atoms with Gasteiger partial charge in [-0.15, -0.1) is 0 Å². The number of ether oxygens (including phenoxy) is 1. The Kier molecular flexibility index (Phi) is 5.50. The van der Waals surface area contributed by atoms with Crippen LogP contribution in [0, 0.1) is 0 Å². The van der Waals surface area contributed by atoms with E-state index in [1.807, 2.05) is 51.1 Å². The van der Waals surface area contributed by atoms with Crippen molar-refractivity contribution in [1.29, 1.82) is 0 Å². The summed E-state index contributed by atoms with van der Waals surface area (Å²) >= 11 is 0. The monoisotopic (exact) mass is 386 g/mol. The van der Waals surface area contributed by atoms with Crippen LogP contribution in [0.2, 0.25) is 0 Å². The molecule has 0 aliphatic carbocycles. The average molecular weight is 386 g/mol. The van der Waals surface area contributed by atoms with Gasteiger partial charge in [0, 0.05) is 19.4 Å². The minimum atomic E-state index is -1.02. The fraction of sp³-hybridized carbons (Fsp3) is 0.591. The lowest BCUT2D eigenvalue weighted by molar-refractivity contribution is -0.167. The summed E-state index contributed by atoms with van der Waals surface area (Å²) in [7, 11) is 0. The SMILES string of the molecule is CC(=O)N[C@@]1(Cc2ccccc2)CC[C@H]2CC[C@@H](C(=O)OC(C)(C)C)N2C1=O. The molecule has 3 rings (SSSR count). The molecule has 1 N–H and O–H groups in total. The van der Waals surface area contributed by atoms with Crippen molar-refractivity contribution in [3.8, 4) is 0 Å². The van der Waals surface area contributed by atoms with E-state index in [2.05, 4.69) is 5.32 Å². The standard InChI is InChI=1S/C22H30N2O4/c1-15(25)23-22(14-16-8-6-5-7-9-16)13-12-17-10-11-18(24(17)20(22)27)19(26)28-21(2,3)4/h5-9,17-18H,10-14H2,1-4H3,(H,23,25)/t17-,18+,22-/m1/s1. The Hall–Kier alpha value is -2.37. The van der Waals surface area contributed by atoms with Crippen LogP contribution in [0.15, 0.2) is 30.3 Å². The Labute approximate surface area is 166 Å². The first-order chi connectivity index (χ1) is 13.1. The van der Waals surface area contributed by atoms with Crippen molar-refractivity contribution in [1.82, 2.24) is 10.2 Å². The maximum absolute atomic E-state index is 13.7. The fourth-order valence-corrected chi connectivity index (χ4v) is 4.45. The van der Waals surface area contributed by atoms with Crippen LogP contribution in [0.1, 0.15) is 58.9 Å². The third-order valence-corrected chi connectivity index (χ3v) is 5.49. The fourth-order valence-electron chi connectivity index (χ4n) is 4.45. The summed E-state index contributed by atoms with van der Waals surface area (Å²) in [5.41, 5.74) is -0.641. The van der Waals surface area contributed by atoms with E-state index < -0.39 is 17.2 Å². The highest BCUT2D eigenvalue weighted by Gasteiger charge is 2.54. The van der Waals surface area contributed by atoms with E-state index in [1.54, 1.807) is 4.90 Å². The minimum Gasteiger partial charge on any atom is -0.458 e. The molecule has 2 fully saturated rings. The first-order valence-electron chi connectivity index (χ1n) is 10.00. The summed E-state index contributed by atoms with van der Waals surface area (Å²) in [6, 6.07) is 9.13. The predicted molar refractivity (Wildman–Crippen MR) is 105 cm³/mol. The smallest absolute Gasteiger partial charge is 0.329 e. The zero-order valence-corrected chi connectivity index (χ0v) is 17.2. The molecule has 2 aliphatic rings. The van der Waals surface area contributed by atoms with E-state index in [1.165, 1.54) is 6.92 Å². The Morgan fingerprint density at radius 2 is 1.86 bits per heavy atom. The van der Waals surface area contributed by atoms with Crippen LogP contribution in [-0.2, 0) is 25.5 Å². The lowest BCUT2D eigenvalue weighted by Crippen LogP contribution is -2.66. The van der Waals surface area contributed by atoms with Gasteiger partial charge in [0.2, 0.25) is 11.8 Å². The van der Waals surface area contributed by atoms with Crippen molar-refractivity contribution in [2.45, 2.75) is 83.0 Å². The lowest BCUT2D eigenvalue weighted by atomic mass is 9.80. The van der Waals surface area contributed by atoms with E-state index in [-0.39, 0.29) is 23.8 Å². The van der Waals surface area contributed by atoms with Crippen LogP contribution in [0.25, 0.3) is 0 Å². The second-order valence-corrected chi connectivity index (χ2v) is 8.96. The first kappa shape index (κ1) is 20.4. The molecule has 6 nitrogen and oxygen atoms in total. The molecule has 0 saturated carbocycles. The average Bonchev–Trinajstić information content (AvgIpc) is 3.02. The molecule has 0 bridgehead atoms. The zero-order chi connectivity index (χ0) is 20.5. The summed E-state index contributed by atoms with van der Waals surface area (Å²) in [6.07, 6.45) is 3.14. The van der Waals surface area contributed by atoms with Gasteiger partial charge < -0.3 is 15.0 Å². The van der Waals surface area contributed by atoms with Gasteiger partial charge in [0.05, 0.1) is 0 Å². The molecule has 3 atom stereocenters. The second kappa shape index (κ2) is 7.57. The van der Waals surface area contributed by atoms with E-state index in [0.29, 0.717) is 19.3 Å². The number of rotatable bonds is 4. The van der Waals surface area contributed by atoms with Gasteiger partial charge in [0.25, 0.3) is 0 Å². The van der Waals surface area contributed by atoms with Crippen molar-refractivity contribution >= 4 is 17.8 Å². The highest BCUT2D eigenvalue weighted by Crippen LogP contribution is 2.39. The Balaban J connectivity index is 1.89. The highest BCUT2D eigenvalue weighted by atomic mass is 16.6. The summed E-state index contributed by atoms with van der Waals surface area (Å²) in [4.78, 5) is 40.1. The molecule has 28 heavy (non-hydrogen) atoms. The molecule has 2 aliphatic heterocycles. The van der Waals surface area contributed by atoms with Crippen molar-refractivity contribution < 1.29 is 19.1 Å². The molecule has 0 unspecified atom stereocenters. The number of hydrogen-bond acceptors (Lipinski definition) is 4. The van der Waals surface area contributed by atoms with Gasteiger partial charge in [-0.25, -0.2) is 4.79 Å². The van der Waals surface area contributed by atoms with Crippen LogP contribution in [0.3, 0.4) is 0 Å². The number of benzene rings is 1. The molecular weight excluding hydrogens is 356 g/mol. The third kappa shape index (κ3) is 4.21. The predicted octanol–water partition coefficient (Wildman–Crippen LogP) is 2.60. The number of amides is 2. The summed E-state index contributed by atoms with van der Waals surface area (Å²) < 4.78 is 5.57. The molecule has 2 amide bonds. The summed E-state index contributed by atoms with van der Waals surface area (Å²) in [6.45, 7) is 6.91. The number of carbonyl (C=O) groups is 3. The zero-order valence-electron chi connectivity index (χ0n) is 17.2. The minimum absolute atomic E-state index is 0.0303. The Bertz CT molecular complexity index is 756. The first-order valence-corrected chi connectivity index (χ1v) is 10.00. The van der Waals surface area contributed by atoms with E-state index in [0.717, 1.165) is 18.4 Å². The van der Waals surface area contributed by atoms with Crippen LogP contribution < -0.4 is 5.32 Å². The van der Waals surface area contributed by atoms with Crippen LogP contribution in [0.5, 0.6) is 0 Å². The number of piperidine rings is 1. The van der Waals surface area contributed by atoms with Crippen molar-refractivity contribution in [3.05, 3.63) is 35.9 Å². The molecule has 2 saturated heterocycles. The molecule has 6 heteroatoms. The highest BCUT2D eigenvalue weighted by molar-refractivity contribution is 5.95. The topological polar surface area (TPSA) is 75.7 Å². The third-order valence-electron chi connectivity index (χ3n) is 5.49. The molecule has 0 spiro atoms. The van der Waals surface area contributed by atoms with Crippen LogP contribution >= 0.6 is 0 Å². The molecule has 0 radical (unpaired) electrons.